The van der Waals surface area contributed by atoms with E-state index in [-0.39, 0.29) is 18.0 Å². The molecule has 2 amide bonds. The van der Waals surface area contributed by atoms with Gasteiger partial charge < -0.3 is 20.7 Å². The third kappa shape index (κ3) is 4.15. The third-order valence-electron chi connectivity index (χ3n) is 5.12. The summed E-state index contributed by atoms with van der Waals surface area (Å²) in [5, 5.41) is 12.8. The molecule has 11 heteroatoms. The van der Waals surface area contributed by atoms with Gasteiger partial charge in [0.15, 0.2) is 5.16 Å². The number of thioether (sulfide) groups is 2. The summed E-state index contributed by atoms with van der Waals surface area (Å²) in [7, 11) is 1.86. The first-order valence-electron chi connectivity index (χ1n) is 9.49. The van der Waals surface area contributed by atoms with Crippen LogP contribution in [0.25, 0.3) is 0 Å². The van der Waals surface area contributed by atoms with E-state index in [0.29, 0.717) is 28.3 Å². The zero-order valence-electron chi connectivity index (χ0n) is 16.6. The van der Waals surface area contributed by atoms with Crippen molar-refractivity contribution in [1.82, 2.24) is 19.8 Å². The SMILES string of the molecule is Cn1ccnc1SCC1=C(C(=O)O)N2C(=O)C(NC(=O)Cc3ccccc3N)[C@H]2SC1. The van der Waals surface area contributed by atoms with Gasteiger partial charge in [-0.1, -0.05) is 30.0 Å². The quantitative estimate of drug-likeness (QED) is 0.318. The van der Waals surface area contributed by atoms with Gasteiger partial charge in [0.2, 0.25) is 5.91 Å². The number of aromatic nitrogens is 2. The number of para-hydroxylation sites is 1. The fourth-order valence-electron chi connectivity index (χ4n) is 3.53. The number of nitrogens with zero attached hydrogens (tertiary/aromatic N) is 3. The normalized spacial score (nSPS) is 20.3. The molecule has 9 nitrogen and oxygen atoms in total. The number of nitrogens with one attached hydrogen (secondary N) is 1. The number of hydrogen-bond donors (Lipinski definition) is 3. The molecule has 0 aliphatic carbocycles. The van der Waals surface area contributed by atoms with E-state index in [1.165, 1.54) is 28.4 Å². The van der Waals surface area contributed by atoms with E-state index in [4.69, 9.17) is 5.73 Å². The predicted molar refractivity (Wildman–Crippen MR) is 118 cm³/mol. The van der Waals surface area contributed by atoms with E-state index in [9.17, 15) is 19.5 Å². The number of carbonyl (C=O) groups excluding carboxylic acids is 2. The molecule has 31 heavy (non-hydrogen) atoms. The Morgan fingerprint density at radius 2 is 2.16 bits per heavy atom. The smallest absolute Gasteiger partial charge is 0.352 e. The first-order chi connectivity index (χ1) is 14.9. The summed E-state index contributed by atoms with van der Waals surface area (Å²) in [6.07, 6.45) is 3.55. The lowest BCUT2D eigenvalue weighted by Crippen LogP contribution is -2.70. The lowest BCUT2D eigenvalue weighted by atomic mass is 10.0. The molecule has 2 aromatic rings. The third-order valence-corrected chi connectivity index (χ3v) is 7.61. The maximum absolute atomic E-state index is 12.8. The van der Waals surface area contributed by atoms with Crippen LogP contribution in [-0.2, 0) is 27.9 Å². The molecule has 0 bridgehead atoms. The molecule has 0 saturated carbocycles. The van der Waals surface area contributed by atoms with Crippen LogP contribution in [-0.4, -0.2) is 60.3 Å². The van der Waals surface area contributed by atoms with Crippen molar-refractivity contribution in [2.24, 2.45) is 7.05 Å². The van der Waals surface area contributed by atoms with Gasteiger partial charge in [-0.15, -0.1) is 11.8 Å². The molecule has 1 saturated heterocycles. The number of β-lactam (4-membered cyclic amide) rings is 1. The first-order valence-corrected chi connectivity index (χ1v) is 11.5. The van der Waals surface area contributed by atoms with Crippen LogP contribution in [0.1, 0.15) is 5.56 Å². The molecule has 3 heterocycles. The highest BCUT2D eigenvalue weighted by Gasteiger charge is 2.54. The number of anilines is 1. The Morgan fingerprint density at radius 3 is 2.84 bits per heavy atom. The largest absolute Gasteiger partial charge is 0.477 e. The fraction of sp³-hybridized carbons (Fsp3) is 0.300. The minimum absolute atomic E-state index is 0.00765. The van der Waals surface area contributed by atoms with Crippen molar-refractivity contribution in [3.05, 3.63) is 53.5 Å². The Kier molecular flexibility index (Phi) is 5.96. The molecular formula is C20H21N5O4S2. The first kappa shape index (κ1) is 21.3. The van der Waals surface area contributed by atoms with Crippen LogP contribution in [0.3, 0.4) is 0 Å². The van der Waals surface area contributed by atoms with Gasteiger partial charge in [-0.2, -0.15) is 0 Å². The summed E-state index contributed by atoms with van der Waals surface area (Å²) in [4.78, 5) is 42.7. The maximum Gasteiger partial charge on any atom is 0.352 e. The summed E-state index contributed by atoms with van der Waals surface area (Å²) >= 11 is 2.87. The number of hydrogen-bond acceptors (Lipinski definition) is 7. The maximum atomic E-state index is 12.8. The van der Waals surface area contributed by atoms with Crippen LogP contribution in [0.2, 0.25) is 0 Å². The average molecular weight is 460 g/mol. The van der Waals surface area contributed by atoms with Crippen LogP contribution in [0, 0.1) is 0 Å². The number of aryl methyl sites for hydroxylation is 1. The van der Waals surface area contributed by atoms with Gasteiger partial charge in [-0.3, -0.25) is 14.5 Å². The van der Waals surface area contributed by atoms with Crippen LogP contribution < -0.4 is 11.1 Å². The van der Waals surface area contributed by atoms with E-state index >= 15 is 0 Å². The van der Waals surface area contributed by atoms with Crippen molar-refractivity contribution in [3.63, 3.8) is 0 Å². The Morgan fingerprint density at radius 1 is 1.39 bits per heavy atom. The van der Waals surface area contributed by atoms with Crippen molar-refractivity contribution < 1.29 is 19.5 Å². The summed E-state index contributed by atoms with van der Waals surface area (Å²) in [5.41, 5.74) is 7.74. The monoisotopic (exact) mass is 459 g/mol. The number of fused-ring (bicyclic) bond motifs is 1. The Labute approximate surface area is 187 Å². The number of amides is 2. The zero-order valence-corrected chi connectivity index (χ0v) is 18.3. The minimum Gasteiger partial charge on any atom is -0.477 e. The van der Waals surface area contributed by atoms with E-state index in [2.05, 4.69) is 10.3 Å². The summed E-state index contributed by atoms with van der Waals surface area (Å²) in [5.74, 6) is -1.00. The van der Waals surface area contributed by atoms with E-state index in [0.717, 1.165) is 5.16 Å². The molecule has 162 valence electrons. The lowest BCUT2D eigenvalue weighted by molar-refractivity contribution is -0.150. The van der Waals surface area contributed by atoms with Crippen LogP contribution in [0.5, 0.6) is 0 Å². The number of imidazole rings is 1. The predicted octanol–water partition coefficient (Wildman–Crippen LogP) is 1.08. The highest BCUT2D eigenvalue weighted by Crippen LogP contribution is 2.41. The molecule has 0 spiro atoms. The van der Waals surface area contributed by atoms with E-state index in [1.807, 2.05) is 17.8 Å². The average Bonchev–Trinajstić information content (AvgIpc) is 3.16. The highest BCUT2D eigenvalue weighted by atomic mass is 32.2. The Hall–Kier alpha value is -2.92. The lowest BCUT2D eigenvalue weighted by Gasteiger charge is -2.49. The van der Waals surface area contributed by atoms with Gasteiger partial charge >= 0.3 is 5.97 Å². The second-order valence-electron chi connectivity index (χ2n) is 7.20. The highest BCUT2D eigenvalue weighted by molar-refractivity contribution is 8.01. The number of nitrogen functional groups attached to an aromatic ring is 1. The van der Waals surface area contributed by atoms with E-state index < -0.39 is 23.3 Å². The number of rotatable bonds is 7. The second-order valence-corrected chi connectivity index (χ2v) is 9.24. The van der Waals surface area contributed by atoms with Crippen molar-refractivity contribution >= 4 is 47.0 Å². The van der Waals surface area contributed by atoms with Crippen LogP contribution in [0.4, 0.5) is 5.69 Å². The summed E-state index contributed by atoms with van der Waals surface area (Å²) in [6, 6.07) is 6.30. The molecule has 2 atom stereocenters. The van der Waals surface area contributed by atoms with Crippen molar-refractivity contribution in [3.8, 4) is 0 Å². The fourth-order valence-corrected chi connectivity index (χ4v) is 5.95. The summed E-state index contributed by atoms with van der Waals surface area (Å²) in [6.45, 7) is 0. The number of aliphatic carboxylic acids is 1. The van der Waals surface area contributed by atoms with Gasteiger partial charge in [-0.25, -0.2) is 9.78 Å². The van der Waals surface area contributed by atoms with Gasteiger partial charge in [0.25, 0.3) is 5.91 Å². The Bertz CT molecular complexity index is 1080. The van der Waals surface area contributed by atoms with E-state index in [1.54, 1.807) is 30.5 Å². The number of carbonyl (C=O) groups is 3. The molecule has 4 rings (SSSR count). The number of benzene rings is 1. The van der Waals surface area contributed by atoms with Gasteiger partial charge in [0.05, 0.1) is 6.42 Å². The topological polar surface area (TPSA) is 131 Å². The van der Waals surface area contributed by atoms with Crippen molar-refractivity contribution in [2.45, 2.75) is 23.0 Å². The van der Waals surface area contributed by atoms with Crippen LogP contribution >= 0.6 is 23.5 Å². The number of carboxylic acid groups (broad SMARTS) is 1. The molecular weight excluding hydrogens is 438 g/mol. The molecule has 1 fully saturated rings. The molecule has 1 unspecified atom stereocenters. The number of carboxylic acids is 1. The Balaban J connectivity index is 1.44. The molecule has 4 N–H and O–H groups in total. The minimum atomic E-state index is -1.14. The molecule has 2 aliphatic rings. The second kappa shape index (κ2) is 8.67. The zero-order chi connectivity index (χ0) is 22.1. The molecule has 0 radical (unpaired) electrons. The van der Waals surface area contributed by atoms with Crippen LogP contribution in [0.15, 0.2) is 53.1 Å². The van der Waals surface area contributed by atoms with Crippen molar-refractivity contribution in [2.75, 3.05) is 17.2 Å². The summed E-state index contributed by atoms with van der Waals surface area (Å²) < 4.78 is 1.85. The molecule has 1 aromatic heterocycles. The number of nitrogens with two attached hydrogens (primary N) is 1. The van der Waals surface area contributed by atoms with Gasteiger partial charge in [0, 0.05) is 36.6 Å². The molecule has 2 aliphatic heterocycles. The van der Waals surface area contributed by atoms with Gasteiger partial charge in [0.1, 0.15) is 17.1 Å². The van der Waals surface area contributed by atoms with Gasteiger partial charge in [-0.05, 0) is 17.2 Å². The molecule has 1 aromatic carbocycles. The van der Waals surface area contributed by atoms with Crippen molar-refractivity contribution in [1.29, 1.82) is 0 Å². The standard InChI is InChI=1S/C20H21N5O4S2/c1-24-7-6-22-20(24)31-10-12-9-30-18-15(17(27)25(18)16(12)19(28)29)23-14(26)8-11-4-2-3-5-13(11)21/h2-7,15,18H,8-10,21H2,1H3,(H,23,26)(H,28,29)/t15?,18-/m1/s1.